The molecular formula is C28H26FN3O3S. The third-order valence-electron chi connectivity index (χ3n) is 7.08. The van der Waals surface area contributed by atoms with E-state index in [-0.39, 0.29) is 10.7 Å². The number of nitrogens with zero attached hydrogens (tertiary/aromatic N) is 3. The molecule has 1 aliphatic heterocycles. The molecule has 36 heavy (non-hydrogen) atoms. The van der Waals surface area contributed by atoms with Crippen LogP contribution in [0.1, 0.15) is 36.9 Å². The zero-order valence-electron chi connectivity index (χ0n) is 19.9. The molecule has 1 fully saturated rings. The summed E-state index contributed by atoms with van der Waals surface area (Å²) in [4.78, 5) is 0.192. The third kappa shape index (κ3) is 3.63. The number of hydrogen-bond acceptors (Lipinski definition) is 4. The average molecular weight is 504 g/mol. The van der Waals surface area contributed by atoms with Crippen LogP contribution < -0.4 is 0 Å². The van der Waals surface area contributed by atoms with Gasteiger partial charge < -0.3 is 9.30 Å². The minimum Gasteiger partial charge on any atom is -0.381 e. The summed E-state index contributed by atoms with van der Waals surface area (Å²) in [7, 11) is -3.85. The van der Waals surface area contributed by atoms with Crippen molar-refractivity contribution in [1.29, 1.82) is 0 Å². The normalized spacial score (nSPS) is 15.2. The lowest BCUT2D eigenvalue weighted by Gasteiger charge is -2.25. The SMILES string of the molecule is CCc1c(C2CCOCC2)n(-c2ccc(F)cc2)c2cc3cnn(S(=O)(=O)c4ccccc4)c3cc12. The monoisotopic (exact) mass is 503 g/mol. The van der Waals surface area contributed by atoms with Gasteiger partial charge in [-0.1, -0.05) is 25.1 Å². The maximum atomic E-state index is 13.8. The largest absolute Gasteiger partial charge is 0.381 e. The molecule has 8 heteroatoms. The number of ether oxygens (including phenoxy) is 1. The van der Waals surface area contributed by atoms with Crippen molar-refractivity contribution >= 4 is 31.8 Å². The fraction of sp³-hybridized carbons (Fsp3) is 0.250. The van der Waals surface area contributed by atoms with Gasteiger partial charge in [0.1, 0.15) is 5.82 Å². The molecule has 0 bridgehead atoms. The number of hydrogen-bond donors (Lipinski definition) is 0. The highest BCUT2D eigenvalue weighted by molar-refractivity contribution is 7.90. The molecule has 3 aromatic carbocycles. The summed E-state index contributed by atoms with van der Waals surface area (Å²) in [6, 6.07) is 18.8. The maximum Gasteiger partial charge on any atom is 0.283 e. The molecule has 6 nitrogen and oxygen atoms in total. The van der Waals surface area contributed by atoms with Crippen LogP contribution in [0.3, 0.4) is 0 Å². The first kappa shape index (κ1) is 22.9. The minimum absolute atomic E-state index is 0.192. The molecule has 1 saturated heterocycles. The van der Waals surface area contributed by atoms with Crippen molar-refractivity contribution in [2.45, 2.75) is 37.0 Å². The number of rotatable bonds is 5. The van der Waals surface area contributed by atoms with Crippen molar-refractivity contribution in [3.05, 3.63) is 90.0 Å². The Morgan fingerprint density at radius 1 is 1.00 bits per heavy atom. The van der Waals surface area contributed by atoms with E-state index in [0.29, 0.717) is 24.6 Å². The predicted molar refractivity (Wildman–Crippen MR) is 138 cm³/mol. The lowest BCUT2D eigenvalue weighted by Crippen LogP contribution is -2.18. The fourth-order valence-electron chi connectivity index (χ4n) is 5.39. The third-order valence-corrected chi connectivity index (χ3v) is 8.70. The zero-order chi connectivity index (χ0) is 24.9. The van der Waals surface area contributed by atoms with Crippen molar-refractivity contribution in [2.24, 2.45) is 0 Å². The fourth-order valence-corrected chi connectivity index (χ4v) is 6.68. The van der Waals surface area contributed by atoms with Crippen LogP contribution in [-0.2, 0) is 21.2 Å². The van der Waals surface area contributed by atoms with Crippen molar-refractivity contribution < 1.29 is 17.5 Å². The Balaban J connectivity index is 1.64. The molecule has 1 aliphatic rings. The Labute approximate surface area is 209 Å². The van der Waals surface area contributed by atoms with E-state index in [2.05, 4.69) is 16.6 Å². The van der Waals surface area contributed by atoms with Crippen LogP contribution >= 0.6 is 0 Å². The molecule has 0 aliphatic carbocycles. The quantitative estimate of drug-likeness (QED) is 0.303. The van der Waals surface area contributed by atoms with Crippen LogP contribution in [0.15, 0.2) is 77.8 Å². The molecular weight excluding hydrogens is 477 g/mol. The zero-order valence-corrected chi connectivity index (χ0v) is 20.7. The van der Waals surface area contributed by atoms with Gasteiger partial charge in [-0.3, -0.25) is 0 Å². The maximum absolute atomic E-state index is 13.8. The van der Waals surface area contributed by atoms with Gasteiger partial charge in [0, 0.05) is 41.3 Å². The van der Waals surface area contributed by atoms with Gasteiger partial charge in [0.2, 0.25) is 0 Å². The molecule has 0 N–H and O–H groups in total. The number of halogens is 1. The van der Waals surface area contributed by atoms with E-state index >= 15 is 0 Å². The lowest BCUT2D eigenvalue weighted by molar-refractivity contribution is 0.0841. The van der Waals surface area contributed by atoms with Gasteiger partial charge in [-0.2, -0.15) is 17.6 Å². The molecule has 0 spiro atoms. The van der Waals surface area contributed by atoms with Crippen molar-refractivity contribution in [3.8, 4) is 5.69 Å². The first-order chi connectivity index (χ1) is 17.5. The Bertz CT molecular complexity index is 1670. The van der Waals surface area contributed by atoms with Crippen molar-refractivity contribution in [3.63, 3.8) is 0 Å². The molecule has 0 atom stereocenters. The van der Waals surface area contributed by atoms with Gasteiger partial charge in [-0.05, 0) is 73.4 Å². The summed E-state index contributed by atoms with van der Waals surface area (Å²) in [5.41, 5.74) is 4.75. The average Bonchev–Trinajstić information content (AvgIpc) is 3.47. The highest BCUT2D eigenvalue weighted by Crippen LogP contribution is 2.40. The van der Waals surface area contributed by atoms with E-state index in [9.17, 15) is 12.8 Å². The second kappa shape index (κ2) is 8.87. The van der Waals surface area contributed by atoms with Crippen LogP contribution in [0.2, 0.25) is 0 Å². The molecule has 184 valence electrons. The molecule has 5 aromatic rings. The smallest absolute Gasteiger partial charge is 0.283 e. The van der Waals surface area contributed by atoms with Crippen LogP contribution in [0.25, 0.3) is 27.5 Å². The second-order valence-corrected chi connectivity index (χ2v) is 10.9. The van der Waals surface area contributed by atoms with E-state index in [1.165, 1.54) is 23.4 Å². The first-order valence-electron chi connectivity index (χ1n) is 12.2. The highest BCUT2D eigenvalue weighted by Gasteiger charge is 2.28. The molecule has 0 unspecified atom stereocenters. The van der Waals surface area contributed by atoms with E-state index < -0.39 is 10.0 Å². The van der Waals surface area contributed by atoms with Crippen LogP contribution in [0.4, 0.5) is 4.39 Å². The summed E-state index contributed by atoms with van der Waals surface area (Å²) in [5.74, 6) is 0.00661. The number of benzene rings is 3. The van der Waals surface area contributed by atoms with Crippen LogP contribution in [0, 0.1) is 5.82 Å². The van der Waals surface area contributed by atoms with E-state index in [0.717, 1.165) is 45.3 Å². The number of aryl methyl sites for hydroxylation is 1. The second-order valence-electron chi connectivity index (χ2n) is 9.15. The summed E-state index contributed by atoms with van der Waals surface area (Å²) >= 11 is 0. The van der Waals surface area contributed by atoms with E-state index in [1.54, 1.807) is 48.7 Å². The van der Waals surface area contributed by atoms with Gasteiger partial charge in [-0.15, -0.1) is 0 Å². The topological polar surface area (TPSA) is 66.1 Å². The summed E-state index contributed by atoms with van der Waals surface area (Å²) in [6.07, 6.45) is 4.18. The first-order valence-corrected chi connectivity index (χ1v) is 13.6. The molecule has 3 heterocycles. The van der Waals surface area contributed by atoms with Gasteiger partial charge in [-0.25, -0.2) is 4.39 Å². The summed E-state index contributed by atoms with van der Waals surface area (Å²) < 4.78 is 49.6. The Morgan fingerprint density at radius 2 is 1.72 bits per heavy atom. The van der Waals surface area contributed by atoms with Crippen molar-refractivity contribution in [2.75, 3.05) is 13.2 Å². The number of aromatic nitrogens is 3. The van der Waals surface area contributed by atoms with E-state index in [4.69, 9.17) is 4.74 Å². The Morgan fingerprint density at radius 3 is 2.42 bits per heavy atom. The molecule has 6 rings (SSSR count). The highest BCUT2D eigenvalue weighted by atomic mass is 32.2. The van der Waals surface area contributed by atoms with Gasteiger partial charge in [0.05, 0.1) is 22.1 Å². The summed E-state index contributed by atoms with van der Waals surface area (Å²) in [5, 5.41) is 5.99. The molecule has 0 saturated carbocycles. The Hall–Kier alpha value is -3.49. The van der Waals surface area contributed by atoms with Gasteiger partial charge in [0.15, 0.2) is 0 Å². The minimum atomic E-state index is -3.85. The van der Waals surface area contributed by atoms with Gasteiger partial charge in [0.25, 0.3) is 10.0 Å². The standard InChI is InChI=1S/C28H26FN3O3S/c1-2-24-25-17-26-20(18-30-32(26)36(33,34)23-6-4-3-5-7-23)16-27(25)31(22-10-8-21(29)9-11-22)28(24)19-12-14-35-15-13-19/h3-11,16-19H,2,12-15H2,1H3. The molecule has 0 amide bonds. The van der Waals surface area contributed by atoms with Crippen LogP contribution in [0.5, 0.6) is 0 Å². The van der Waals surface area contributed by atoms with Crippen LogP contribution in [-0.4, -0.2) is 35.4 Å². The van der Waals surface area contributed by atoms with Gasteiger partial charge >= 0.3 is 0 Å². The number of fused-ring (bicyclic) bond motifs is 2. The summed E-state index contributed by atoms with van der Waals surface area (Å²) in [6.45, 7) is 3.52. The van der Waals surface area contributed by atoms with Crippen molar-refractivity contribution in [1.82, 2.24) is 13.8 Å². The molecule has 2 aromatic heterocycles. The predicted octanol–water partition coefficient (Wildman–Crippen LogP) is 5.81. The van der Waals surface area contributed by atoms with E-state index in [1.807, 2.05) is 12.1 Å². The molecule has 0 radical (unpaired) electrons. The lowest BCUT2D eigenvalue weighted by atomic mass is 9.92. The Kier molecular flexibility index (Phi) is 5.65.